The number of rotatable bonds is 4. The first kappa shape index (κ1) is 14.6. The Hall–Kier alpha value is -2.01. The molecule has 0 radical (unpaired) electrons. The summed E-state index contributed by atoms with van der Waals surface area (Å²) >= 11 is 1.51. The van der Waals surface area contributed by atoms with Crippen molar-refractivity contribution >= 4 is 17.2 Å². The summed E-state index contributed by atoms with van der Waals surface area (Å²) in [7, 11) is 0. The van der Waals surface area contributed by atoms with E-state index in [0.29, 0.717) is 12.6 Å². The molecule has 0 N–H and O–H groups in total. The first-order chi connectivity index (χ1) is 11.3. The van der Waals surface area contributed by atoms with Crippen LogP contribution in [0, 0.1) is 0 Å². The van der Waals surface area contributed by atoms with Crippen LogP contribution in [0.4, 0.5) is 0 Å². The lowest BCUT2D eigenvalue weighted by atomic mass is 10.1. The van der Waals surface area contributed by atoms with E-state index in [4.69, 9.17) is 9.47 Å². The van der Waals surface area contributed by atoms with E-state index in [-0.39, 0.29) is 12.7 Å². The van der Waals surface area contributed by atoms with Crippen molar-refractivity contribution in [3.63, 3.8) is 0 Å². The highest BCUT2D eigenvalue weighted by molar-refractivity contribution is 7.12. The van der Waals surface area contributed by atoms with E-state index in [1.54, 1.807) is 0 Å². The normalized spacial score (nSPS) is 16.7. The maximum absolute atomic E-state index is 12.9. The molecule has 2 aliphatic rings. The number of hydrogen-bond acceptors (Lipinski definition) is 4. The Morgan fingerprint density at radius 2 is 2.00 bits per heavy atom. The molecule has 1 aliphatic carbocycles. The van der Waals surface area contributed by atoms with E-state index in [1.807, 2.05) is 40.6 Å². The Morgan fingerprint density at radius 1 is 1.17 bits per heavy atom. The van der Waals surface area contributed by atoms with Crippen LogP contribution in [-0.4, -0.2) is 23.6 Å². The van der Waals surface area contributed by atoms with Gasteiger partial charge in [-0.05, 0) is 42.0 Å². The van der Waals surface area contributed by atoms with Crippen molar-refractivity contribution in [3.05, 3.63) is 46.2 Å². The van der Waals surface area contributed by atoms with Gasteiger partial charge in [-0.15, -0.1) is 11.3 Å². The molecular weight excluding hydrogens is 310 g/mol. The molecular formula is C18H19NO3S. The highest BCUT2D eigenvalue weighted by Gasteiger charge is 2.28. The van der Waals surface area contributed by atoms with Gasteiger partial charge in [0.05, 0.1) is 4.88 Å². The summed E-state index contributed by atoms with van der Waals surface area (Å²) in [4.78, 5) is 15.8. The Bertz CT molecular complexity index is 692. The number of fused-ring (bicyclic) bond motifs is 1. The summed E-state index contributed by atoms with van der Waals surface area (Å²) in [5.74, 6) is 1.70. The minimum Gasteiger partial charge on any atom is -0.454 e. The van der Waals surface area contributed by atoms with Crippen LogP contribution in [0.2, 0.25) is 0 Å². The van der Waals surface area contributed by atoms with Gasteiger partial charge in [-0.25, -0.2) is 0 Å². The second-order valence-corrected chi connectivity index (χ2v) is 6.98. The van der Waals surface area contributed by atoms with Gasteiger partial charge in [-0.2, -0.15) is 0 Å². The molecule has 2 aromatic rings. The van der Waals surface area contributed by atoms with Crippen LogP contribution in [0.5, 0.6) is 11.5 Å². The van der Waals surface area contributed by atoms with Crippen LogP contribution in [0.1, 0.15) is 40.9 Å². The fourth-order valence-electron chi connectivity index (χ4n) is 3.36. The zero-order valence-electron chi connectivity index (χ0n) is 12.9. The van der Waals surface area contributed by atoms with E-state index >= 15 is 0 Å². The number of nitrogens with zero attached hydrogens (tertiary/aromatic N) is 1. The number of amides is 1. The average molecular weight is 329 g/mol. The van der Waals surface area contributed by atoms with Crippen molar-refractivity contribution in [1.29, 1.82) is 0 Å². The molecule has 23 heavy (non-hydrogen) atoms. The van der Waals surface area contributed by atoms with Gasteiger partial charge in [0.15, 0.2) is 11.5 Å². The molecule has 4 nitrogen and oxygen atoms in total. The Kier molecular flexibility index (Phi) is 3.95. The lowest BCUT2D eigenvalue weighted by Crippen LogP contribution is -2.37. The summed E-state index contributed by atoms with van der Waals surface area (Å²) < 4.78 is 10.8. The molecule has 4 rings (SSSR count). The van der Waals surface area contributed by atoms with Crippen LogP contribution in [0.15, 0.2) is 35.7 Å². The standard InChI is InChI=1S/C18H19NO3S/c20-18(17-6-3-9-23-17)19(14-4-1-2-5-14)11-13-7-8-15-16(10-13)22-12-21-15/h3,6-10,14H,1-2,4-5,11-12H2. The maximum Gasteiger partial charge on any atom is 0.264 e. The molecule has 2 heterocycles. The zero-order chi connectivity index (χ0) is 15.6. The molecule has 5 heteroatoms. The van der Waals surface area contributed by atoms with Crippen molar-refractivity contribution in [2.24, 2.45) is 0 Å². The Morgan fingerprint density at radius 3 is 2.78 bits per heavy atom. The van der Waals surface area contributed by atoms with Crippen LogP contribution in [0.25, 0.3) is 0 Å². The fourth-order valence-corrected chi connectivity index (χ4v) is 4.04. The Labute approximate surface area is 139 Å². The monoisotopic (exact) mass is 329 g/mol. The molecule has 0 saturated heterocycles. The smallest absolute Gasteiger partial charge is 0.264 e. The molecule has 0 spiro atoms. The van der Waals surface area contributed by atoms with Crippen molar-refractivity contribution in [2.45, 2.75) is 38.3 Å². The molecule has 1 amide bonds. The molecule has 1 fully saturated rings. The van der Waals surface area contributed by atoms with Gasteiger partial charge in [0, 0.05) is 12.6 Å². The van der Waals surface area contributed by atoms with Crippen molar-refractivity contribution in [1.82, 2.24) is 4.90 Å². The minimum atomic E-state index is 0.143. The third-order valence-corrected chi connectivity index (χ3v) is 5.41. The second-order valence-electron chi connectivity index (χ2n) is 6.04. The summed E-state index contributed by atoms with van der Waals surface area (Å²) in [5, 5.41) is 1.96. The lowest BCUT2D eigenvalue weighted by Gasteiger charge is -2.29. The summed E-state index contributed by atoms with van der Waals surface area (Å²) in [6.45, 7) is 0.900. The zero-order valence-corrected chi connectivity index (χ0v) is 13.7. The van der Waals surface area contributed by atoms with Crippen LogP contribution in [0.3, 0.4) is 0 Å². The fraction of sp³-hybridized carbons (Fsp3) is 0.389. The first-order valence-corrected chi connectivity index (χ1v) is 8.92. The Balaban J connectivity index is 1.59. The first-order valence-electron chi connectivity index (χ1n) is 8.04. The number of thiophene rings is 1. The molecule has 120 valence electrons. The summed E-state index contributed by atoms with van der Waals surface area (Å²) in [5.41, 5.74) is 1.09. The maximum atomic E-state index is 12.9. The molecule has 1 aromatic carbocycles. The van der Waals surface area contributed by atoms with Crippen molar-refractivity contribution < 1.29 is 14.3 Å². The number of benzene rings is 1. The topological polar surface area (TPSA) is 38.8 Å². The number of carbonyl (C=O) groups is 1. The van der Waals surface area contributed by atoms with E-state index in [9.17, 15) is 4.79 Å². The van der Waals surface area contributed by atoms with Gasteiger partial charge in [0.1, 0.15) is 0 Å². The van der Waals surface area contributed by atoms with Gasteiger partial charge in [0.2, 0.25) is 6.79 Å². The van der Waals surface area contributed by atoms with Gasteiger partial charge in [0.25, 0.3) is 5.91 Å². The number of hydrogen-bond donors (Lipinski definition) is 0. The van der Waals surface area contributed by atoms with E-state index < -0.39 is 0 Å². The third-order valence-electron chi connectivity index (χ3n) is 4.55. The van der Waals surface area contributed by atoms with Gasteiger partial charge >= 0.3 is 0 Å². The average Bonchev–Trinajstić information content (AvgIpc) is 3.33. The van der Waals surface area contributed by atoms with Gasteiger partial charge < -0.3 is 14.4 Å². The van der Waals surface area contributed by atoms with Crippen LogP contribution in [-0.2, 0) is 6.54 Å². The second kappa shape index (κ2) is 6.24. The third kappa shape index (κ3) is 2.93. The van der Waals surface area contributed by atoms with E-state index in [1.165, 1.54) is 24.2 Å². The molecule has 1 saturated carbocycles. The van der Waals surface area contributed by atoms with Gasteiger partial charge in [-0.3, -0.25) is 4.79 Å². The predicted molar refractivity (Wildman–Crippen MR) is 89.0 cm³/mol. The molecule has 1 aliphatic heterocycles. The SMILES string of the molecule is O=C(c1cccs1)N(Cc1ccc2c(c1)OCO2)C1CCCC1. The number of ether oxygens (including phenoxy) is 2. The molecule has 0 bridgehead atoms. The van der Waals surface area contributed by atoms with E-state index in [2.05, 4.69) is 0 Å². The minimum absolute atomic E-state index is 0.143. The quantitative estimate of drug-likeness (QED) is 0.849. The molecule has 1 aromatic heterocycles. The van der Waals surface area contributed by atoms with E-state index in [0.717, 1.165) is 34.8 Å². The summed E-state index contributed by atoms with van der Waals surface area (Å²) in [6, 6.07) is 10.1. The lowest BCUT2D eigenvalue weighted by molar-refractivity contribution is 0.0669. The molecule has 0 unspecified atom stereocenters. The molecule has 0 atom stereocenters. The van der Waals surface area contributed by atoms with Crippen molar-refractivity contribution in [2.75, 3.05) is 6.79 Å². The van der Waals surface area contributed by atoms with Crippen LogP contribution < -0.4 is 9.47 Å². The highest BCUT2D eigenvalue weighted by Crippen LogP contribution is 2.34. The summed E-state index contributed by atoms with van der Waals surface area (Å²) in [6.07, 6.45) is 4.61. The van der Waals surface area contributed by atoms with Crippen molar-refractivity contribution in [3.8, 4) is 11.5 Å². The predicted octanol–water partition coefficient (Wildman–Crippen LogP) is 4.06. The largest absolute Gasteiger partial charge is 0.454 e. The number of carbonyl (C=O) groups excluding carboxylic acids is 1. The van der Waals surface area contributed by atoms with Gasteiger partial charge in [-0.1, -0.05) is 25.0 Å². The van der Waals surface area contributed by atoms with Crippen LogP contribution >= 0.6 is 11.3 Å². The highest BCUT2D eigenvalue weighted by atomic mass is 32.1.